The van der Waals surface area contributed by atoms with E-state index in [2.05, 4.69) is 28.3 Å². The zero-order chi connectivity index (χ0) is 26.4. The molecule has 8 heteroatoms. The van der Waals surface area contributed by atoms with Crippen molar-refractivity contribution in [3.05, 3.63) is 95.6 Å². The summed E-state index contributed by atoms with van der Waals surface area (Å²) in [6, 6.07) is 24.3. The Kier molecular flexibility index (Phi) is 7.77. The van der Waals surface area contributed by atoms with Crippen LogP contribution >= 0.6 is 0 Å². The van der Waals surface area contributed by atoms with Gasteiger partial charge in [-0.15, -0.1) is 0 Å². The lowest BCUT2D eigenvalue weighted by molar-refractivity contribution is -0.124. The average Bonchev–Trinajstić information content (AvgIpc) is 3.19. The van der Waals surface area contributed by atoms with Crippen molar-refractivity contribution in [3.8, 4) is 11.1 Å². The highest BCUT2D eigenvalue weighted by Crippen LogP contribution is 2.44. The van der Waals surface area contributed by atoms with Crippen LogP contribution in [-0.4, -0.2) is 36.3 Å². The largest absolute Gasteiger partial charge is 0.447 e. The van der Waals surface area contributed by atoms with E-state index in [0.717, 1.165) is 27.8 Å². The van der Waals surface area contributed by atoms with Crippen molar-refractivity contribution in [2.75, 3.05) is 6.61 Å². The molecule has 1 aliphatic rings. The lowest BCUT2D eigenvalue weighted by atomic mass is 9.98. The van der Waals surface area contributed by atoms with Crippen molar-refractivity contribution in [1.82, 2.24) is 16.2 Å². The van der Waals surface area contributed by atoms with Gasteiger partial charge in [-0.25, -0.2) is 15.0 Å². The predicted molar refractivity (Wildman–Crippen MR) is 140 cm³/mol. The quantitative estimate of drug-likeness (QED) is 0.425. The highest BCUT2D eigenvalue weighted by atomic mass is 16.6. The first-order valence-electron chi connectivity index (χ1n) is 12.2. The molecular weight excluding hydrogens is 470 g/mol. The first kappa shape index (κ1) is 25.8. The fourth-order valence-electron chi connectivity index (χ4n) is 4.34. The van der Waals surface area contributed by atoms with E-state index in [-0.39, 0.29) is 18.9 Å². The maximum Gasteiger partial charge on any atom is 0.426 e. The SMILES string of the molecule is CC(C)(C)OC(=O)N[C@H](Cc1ccccc1)C(=O)NNC(=O)OCC1c2ccccc2-c2ccccc21. The molecule has 0 saturated carbocycles. The van der Waals surface area contributed by atoms with Gasteiger partial charge in [-0.2, -0.15) is 0 Å². The summed E-state index contributed by atoms with van der Waals surface area (Å²) in [5.74, 6) is -0.711. The van der Waals surface area contributed by atoms with Crippen LogP contribution in [-0.2, 0) is 20.7 Å². The van der Waals surface area contributed by atoms with Crippen LogP contribution in [0.3, 0.4) is 0 Å². The zero-order valence-electron chi connectivity index (χ0n) is 21.1. The predicted octanol–water partition coefficient (Wildman–Crippen LogP) is 4.69. The maximum absolute atomic E-state index is 12.9. The number of hydrazine groups is 1. The minimum atomic E-state index is -0.980. The number of carbonyl (C=O) groups excluding carboxylic acids is 3. The number of benzene rings is 3. The van der Waals surface area contributed by atoms with Crippen molar-refractivity contribution < 1.29 is 23.9 Å². The molecule has 4 rings (SSSR count). The molecule has 3 amide bonds. The highest BCUT2D eigenvalue weighted by molar-refractivity contribution is 5.87. The fraction of sp³-hybridized carbons (Fsp3) is 0.276. The lowest BCUT2D eigenvalue weighted by Crippen LogP contribution is -2.54. The van der Waals surface area contributed by atoms with E-state index in [9.17, 15) is 14.4 Å². The van der Waals surface area contributed by atoms with Gasteiger partial charge >= 0.3 is 12.2 Å². The topological polar surface area (TPSA) is 106 Å². The van der Waals surface area contributed by atoms with Crippen molar-refractivity contribution in [3.63, 3.8) is 0 Å². The number of hydrogen-bond acceptors (Lipinski definition) is 5. The van der Waals surface area contributed by atoms with Gasteiger partial charge < -0.3 is 14.8 Å². The zero-order valence-corrected chi connectivity index (χ0v) is 21.1. The number of nitrogens with one attached hydrogen (secondary N) is 3. The minimum absolute atomic E-state index is 0.103. The summed E-state index contributed by atoms with van der Waals surface area (Å²) in [7, 11) is 0. The summed E-state index contributed by atoms with van der Waals surface area (Å²) < 4.78 is 10.8. The summed E-state index contributed by atoms with van der Waals surface area (Å²) in [5, 5.41) is 2.58. The summed E-state index contributed by atoms with van der Waals surface area (Å²) in [4.78, 5) is 37.7. The number of hydrogen-bond donors (Lipinski definition) is 3. The monoisotopic (exact) mass is 501 g/mol. The third-order valence-corrected chi connectivity index (χ3v) is 5.92. The molecule has 1 atom stereocenters. The van der Waals surface area contributed by atoms with Gasteiger partial charge in [-0.1, -0.05) is 78.9 Å². The Hall–Kier alpha value is -4.33. The van der Waals surface area contributed by atoms with Crippen LogP contribution in [0.15, 0.2) is 78.9 Å². The molecule has 0 heterocycles. The third-order valence-electron chi connectivity index (χ3n) is 5.92. The Labute approximate surface area is 216 Å². The Balaban J connectivity index is 1.35. The van der Waals surface area contributed by atoms with Crippen LogP contribution in [0.4, 0.5) is 9.59 Å². The van der Waals surface area contributed by atoms with Crippen molar-refractivity contribution in [2.45, 2.75) is 44.8 Å². The van der Waals surface area contributed by atoms with Gasteiger partial charge in [-0.05, 0) is 48.6 Å². The average molecular weight is 502 g/mol. The molecule has 0 unspecified atom stereocenters. The molecular formula is C29H31N3O5. The Morgan fingerprint density at radius 3 is 1.95 bits per heavy atom. The molecule has 3 aromatic carbocycles. The van der Waals surface area contributed by atoms with Crippen LogP contribution in [0.1, 0.15) is 43.4 Å². The van der Waals surface area contributed by atoms with E-state index in [1.807, 2.05) is 66.7 Å². The van der Waals surface area contributed by atoms with Gasteiger partial charge in [0.05, 0.1) is 0 Å². The van der Waals surface area contributed by atoms with Crippen molar-refractivity contribution >= 4 is 18.1 Å². The highest BCUT2D eigenvalue weighted by Gasteiger charge is 2.29. The molecule has 0 aliphatic heterocycles. The van der Waals surface area contributed by atoms with Gasteiger partial charge in [0.1, 0.15) is 18.2 Å². The molecule has 3 aromatic rings. The summed E-state index contributed by atoms with van der Waals surface area (Å²) in [5.41, 5.74) is 9.17. The van der Waals surface area contributed by atoms with Crippen LogP contribution in [0.5, 0.6) is 0 Å². The van der Waals surface area contributed by atoms with Gasteiger partial charge in [0.25, 0.3) is 5.91 Å². The number of carbonyl (C=O) groups is 3. The number of alkyl carbamates (subject to hydrolysis) is 1. The molecule has 37 heavy (non-hydrogen) atoms. The van der Waals surface area contributed by atoms with E-state index in [4.69, 9.17) is 9.47 Å². The molecule has 192 valence electrons. The van der Waals surface area contributed by atoms with E-state index in [0.29, 0.717) is 0 Å². The summed E-state index contributed by atoms with van der Waals surface area (Å²) >= 11 is 0. The number of ether oxygens (including phenoxy) is 2. The molecule has 3 N–H and O–H groups in total. The van der Waals surface area contributed by atoms with Gasteiger partial charge in [0.15, 0.2) is 0 Å². The first-order valence-corrected chi connectivity index (χ1v) is 12.2. The second kappa shape index (κ2) is 11.2. The van der Waals surface area contributed by atoms with E-state index < -0.39 is 29.7 Å². The van der Waals surface area contributed by atoms with Gasteiger partial charge in [0, 0.05) is 12.3 Å². The van der Waals surface area contributed by atoms with Gasteiger partial charge in [-0.3, -0.25) is 10.2 Å². The number of rotatable bonds is 6. The molecule has 0 spiro atoms. The van der Waals surface area contributed by atoms with Crippen LogP contribution in [0, 0.1) is 0 Å². The van der Waals surface area contributed by atoms with Crippen LogP contribution < -0.4 is 16.2 Å². The first-order chi connectivity index (χ1) is 17.7. The second-order valence-electron chi connectivity index (χ2n) is 9.83. The summed E-state index contributed by atoms with van der Waals surface area (Å²) in [6.45, 7) is 5.31. The second-order valence-corrected chi connectivity index (χ2v) is 9.83. The third kappa shape index (κ3) is 6.67. The number of fused-ring (bicyclic) bond motifs is 3. The minimum Gasteiger partial charge on any atom is -0.447 e. The van der Waals surface area contributed by atoms with E-state index >= 15 is 0 Å². The van der Waals surface area contributed by atoms with Crippen LogP contribution in [0.25, 0.3) is 11.1 Å². The van der Waals surface area contributed by atoms with E-state index in [1.165, 1.54) is 0 Å². The standard InChI is InChI=1S/C29H31N3O5/c1-29(2,3)37-27(34)30-25(17-19-11-5-4-6-12-19)26(33)31-32-28(35)36-18-24-22-15-9-7-13-20(22)21-14-8-10-16-23(21)24/h4-16,24-25H,17-18H2,1-3H3,(H,30,34)(H,31,33)(H,32,35)/t25-/m1/s1. The van der Waals surface area contributed by atoms with Crippen molar-refractivity contribution in [2.24, 2.45) is 0 Å². The molecule has 0 saturated heterocycles. The summed E-state index contributed by atoms with van der Waals surface area (Å²) in [6.07, 6.45) is -1.33. The number of amides is 3. The Morgan fingerprint density at radius 1 is 0.784 bits per heavy atom. The Bertz CT molecular complexity index is 1220. The maximum atomic E-state index is 12.9. The van der Waals surface area contributed by atoms with E-state index in [1.54, 1.807) is 20.8 Å². The van der Waals surface area contributed by atoms with Gasteiger partial charge in [0.2, 0.25) is 0 Å². The molecule has 8 nitrogen and oxygen atoms in total. The lowest BCUT2D eigenvalue weighted by Gasteiger charge is -2.23. The fourth-order valence-corrected chi connectivity index (χ4v) is 4.34. The smallest absolute Gasteiger partial charge is 0.426 e. The van der Waals surface area contributed by atoms with Crippen molar-refractivity contribution in [1.29, 1.82) is 0 Å². The van der Waals surface area contributed by atoms with Crippen LogP contribution in [0.2, 0.25) is 0 Å². The Morgan fingerprint density at radius 2 is 1.35 bits per heavy atom. The molecule has 0 radical (unpaired) electrons. The molecule has 0 bridgehead atoms. The molecule has 0 aromatic heterocycles. The molecule has 0 fully saturated rings. The molecule has 1 aliphatic carbocycles. The normalized spacial score (nSPS) is 13.1.